The van der Waals surface area contributed by atoms with Gasteiger partial charge in [0, 0.05) is 30.7 Å². The molecule has 8 nitrogen and oxygen atoms in total. The number of nitrogens with zero attached hydrogens (tertiary/aromatic N) is 2. The number of aromatic nitrogens is 2. The van der Waals surface area contributed by atoms with E-state index in [1.165, 1.54) is 12.4 Å². The van der Waals surface area contributed by atoms with Crippen molar-refractivity contribution in [1.29, 1.82) is 0 Å². The van der Waals surface area contributed by atoms with E-state index in [2.05, 4.69) is 29.5 Å². The minimum absolute atomic E-state index is 0.0795. The quantitative estimate of drug-likeness (QED) is 0.482. The number of carbonyl (C=O) groups excluding carboxylic acids is 2. The van der Waals surface area contributed by atoms with E-state index >= 15 is 0 Å². The molecule has 0 atom stereocenters. The van der Waals surface area contributed by atoms with Crippen molar-refractivity contribution >= 4 is 11.8 Å². The lowest BCUT2D eigenvalue weighted by molar-refractivity contribution is 0.0948. The standard InChI is InChI=1S/C26H30N4O4/c1-18(2)11-13-28-25(32)21-16-30(15-19-8-4-5-10-23(19)34-3)17-22(24(21)31)26(33)29-14-20-9-6-7-12-27-20/h4-10,12,16-18H,11,13-15H2,1-3H3,(H,28,32)(H,29,33). The molecule has 3 rings (SSSR count). The van der Waals surface area contributed by atoms with Crippen LogP contribution in [-0.4, -0.2) is 35.0 Å². The summed E-state index contributed by atoms with van der Waals surface area (Å²) in [7, 11) is 1.58. The van der Waals surface area contributed by atoms with Gasteiger partial charge >= 0.3 is 0 Å². The lowest BCUT2D eigenvalue weighted by atomic mass is 10.1. The first kappa shape index (κ1) is 24.7. The monoisotopic (exact) mass is 462 g/mol. The Bertz CT molecular complexity index is 1190. The Labute approximate surface area is 199 Å². The third-order valence-electron chi connectivity index (χ3n) is 5.28. The fourth-order valence-corrected chi connectivity index (χ4v) is 3.41. The molecule has 2 N–H and O–H groups in total. The highest BCUT2D eigenvalue weighted by Gasteiger charge is 2.20. The van der Waals surface area contributed by atoms with Crippen LogP contribution in [0.1, 0.15) is 52.2 Å². The van der Waals surface area contributed by atoms with E-state index in [1.807, 2.05) is 30.3 Å². The van der Waals surface area contributed by atoms with Crippen LogP contribution in [0.4, 0.5) is 0 Å². The van der Waals surface area contributed by atoms with Gasteiger partial charge in [-0.05, 0) is 30.5 Å². The summed E-state index contributed by atoms with van der Waals surface area (Å²) >= 11 is 0. The van der Waals surface area contributed by atoms with Crippen molar-refractivity contribution in [3.63, 3.8) is 0 Å². The molecule has 3 aromatic rings. The number of nitrogens with one attached hydrogen (secondary N) is 2. The van der Waals surface area contributed by atoms with Gasteiger partial charge in [0.15, 0.2) is 0 Å². The van der Waals surface area contributed by atoms with E-state index in [0.29, 0.717) is 30.5 Å². The summed E-state index contributed by atoms with van der Waals surface area (Å²) in [5.41, 5.74) is 0.704. The summed E-state index contributed by atoms with van der Waals surface area (Å²) in [5, 5.41) is 5.51. The molecule has 0 aliphatic carbocycles. The second kappa shape index (κ2) is 11.8. The zero-order valence-electron chi connectivity index (χ0n) is 19.7. The van der Waals surface area contributed by atoms with Crippen molar-refractivity contribution in [1.82, 2.24) is 20.2 Å². The van der Waals surface area contributed by atoms with Crippen LogP contribution in [0.5, 0.6) is 5.75 Å². The Kier molecular flexibility index (Phi) is 8.56. The first-order chi connectivity index (χ1) is 16.4. The molecule has 1 aromatic carbocycles. The number of hydrogen-bond donors (Lipinski definition) is 2. The molecule has 0 bridgehead atoms. The predicted molar refractivity (Wildman–Crippen MR) is 130 cm³/mol. The van der Waals surface area contributed by atoms with E-state index < -0.39 is 17.2 Å². The lowest BCUT2D eigenvalue weighted by Gasteiger charge is -2.14. The highest BCUT2D eigenvalue weighted by atomic mass is 16.5. The fourth-order valence-electron chi connectivity index (χ4n) is 3.41. The number of methoxy groups -OCH3 is 1. The smallest absolute Gasteiger partial charge is 0.257 e. The zero-order valence-corrected chi connectivity index (χ0v) is 19.7. The number of rotatable bonds is 10. The summed E-state index contributed by atoms with van der Waals surface area (Å²) in [5.74, 6) is 0.0107. The molecule has 178 valence electrons. The molecule has 2 amide bonds. The maximum atomic E-state index is 13.1. The second-order valence-electron chi connectivity index (χ2n) is 8.34. The third-order valence-corrected chi connectivity index (χ3v) is 5.28. The van der Waals surface area contributed by atoms with Crippen LogP contribution in [0.2, 0.25) is 0 Å². The molecule has 0 spiro atoms. The van der Waals surface area contributed by atoms with Gasteiger partial charge in [-0.25, -0.2) is 0 Å². The number of para-hydroxylation sites is 1. The van der Waals surface area contributed by atoms with Gasteiger partial charge in [-0.1, -0.05) is 38.1 Å². The maximum absolute atomic E-state index is 13.1. The van der Waals surface area contributed by atoms with Crippen LogP contribution in [-0.2, 0) is 13.1 Å². The molecule has 0 aliphatic heterocycles. The van der Waals surface area contributed by atoms with Gasteiger partial charge < -0.3 is 19.9 Å². The summed E-state index contributed by atoms with van der Waals surface area (Å²) in [4.78, 5) is 43.1. The molecule has 0 aliphatic rings. The Morgan fingerprint density at radius 1 is 1.00 bits per heavy atom. The molecule has 2 aromatic heterocycles. The molecule has 0 fully saturated rings. The average molecular weight is 463 g/mol. The Hall–Kier alpha value is -3.94. The third kappa shape index (κ3) is 6.54. The van der Waals surface area contributed by atoms with Crippen LogP contribution in [0.3, 0.4) is 0 Å². The van der Waals surface area contributed by atoms with Crippen LogP contribution in [0.15, 0.2) is 65.8 Å². The topological polar surface area (TPSA) is 102 Å². The van der Waals surface area contributed by atoms with Crippen molar-refractivity contribution in [3.8, 4) is 5.75 Å². The highest BCUT2D eigenvalue weighted by molar-refractivity contribution is 5.99. The van der Waals surface area contributed by atoms with Crippen molar-refractivity contribution in [2.24, 2.45) is 5.92 Å². The van der Waals surface area contributed by atoms with Crippen molar-refractivity contribution in [3.05, 3.63) is 93.7 Å². The molecule has 0 saturated heterocycles. The van der Waals surface area contributed by atoms with Gasteiger partial charge in [0.25, 0.3) is 11.8 Å². The molecule has 8 heteroatoms. The SMILES string of the molecule is COc1ccccc1Cn1cc(C(=O)NCCC(C)C)c(=O)c(C(=O)NCc2ccccn2)c1. The predicted octanol–water partition coefficient (Wildman–Crippen LogP) is 3.01. The van der Waals surface area contributed by atoms with Crippen molar-refractivity contribution < 1.29 is 14.3 Å². The zero-order chi connectivity index (χ0) is 24.5. The molecule has 0 saturated carbocycles. The lowest BCUT2D eigenvalue weighted by Crippen LogP contribution is -2.36. The minimum Gasteiger partial charge on any atom is -0.496 e. The van der Waals surface area contributed by atoms with Crippen LogP contribution in [0, 0.1) is 5.92 Å². The normalized spacial score (nSPS) is 10.7. The molecule has 0 unspecified atom stereocenters. The van der Waals surface area contributed by atoms with Crippen molar-refractivity contribution in [2.75, 3.05) is 13.7 Å². The highest BCUT2D eigenvalue weighted by Crippen LogP contribution is 2.18. The number of carbonyl (C=O) groups is 2. The summed E-state index contributed by atoms with van der Waals surface area (Å²) in [6, 6.07) is 12.8. The van der Waals surface area contributed by atoms with Crippen LogP contribution >= 0.6 is 0 Å². The largest absolute Gasteiger partial charge is 0.496 e. The Balaban J connectivity index is 1.92. The Morgan fingerprint density at radius 2 is 1.68 bits per heavy atom. The summed E-state index contributed by atoms with van der Waals surface area (Å²) < 4.78 is 7.08. The van der Waals surface area contributed by atoms with Crippen LogP contribution in [0.25, 0.3) is 0 Å². The fraction of sp³-hybridized carbons (Fsp3) is 0.308. The number of ether oxygens (including phenoxy) is 1. The number of pyridine rings is 2. The molecule has 2 heterocycles. The first-order valence-electron chi connectivity index (χ1n) is 11.2. The minimum atomic E-state index is -0.614. The van der Waals surface area contributed by atoms with Gasteiger partial charge in [-0.2, -0.15) is 0 Å². The number of amides is 2. The molecule has 34 heavy (non-hydrogen) atoms. The van der Waals surface area contributed by atoms with E-state index in [-0.39, 0.29) is 17.7 Å². The summed E-state index contributed by atoms with van der Waals surface area (Å²) in [6.45, 7) is 5.03. The average Bonchev–Trinajstić information content (AvgIpc) is 2.84. The number of benzene rings is 1. The van der Waals surface area contributed by atoms with E-state index in [1.54, 1.807) is 30.0 Å². The maximum Gasteiger partial charge on any atom is 0.257 e. The van der Waals surface area contributed by atoms with Gasteiger partial charge in [0.1, 0.15) is 16.9 Å². The van der Waals surface area contributed by atoms with Crippen molar-refractivity contribution in [2.45, 2.75) is 33.4 Å². The van der Waals surface area contributed by atoms with E-state index in [4.69, 9.17) is 4.74 Å². The first-order valence-corrected chi connectivity index (χ1v) is 11.2. The summed E-state index contributed by atoms with van der Waals surface area (Å²) in [6.07, 6.45) is 5.36. The van der Waals surface area contributed by atoms with Crippen LogP contribution < -0.4 is 20.8 Å². The van der Waals surface area contributed by atoms with E-state index in [0.717, 1.165) is 12.0 Å². The van der Waals surface area contributed by atoms with Gasteiger partial charge in [-0.3, -0.25) is 19.4 Å². The van der Waals surface area contributed by atoms with Gasteiger partial charge in [-0.15, -0.1) is 0 Å². The van der Waals surface area contributed by atoms with Gasteiger partial charge in [0.05, 0.1) is 25.9 Å². The van der Waals surface area contributed by atoms with Gasteiger partial charge in [0.2, 0.25) is 5.43 Å². The second-order valence-corrected chi connectivity index (χ2v) is 8.34. The molecular weight excluding hydrogens is 432 g/mol. The molecule has 0 radical (unpaired) electrons. The Morgan fingerprint density at radius 3 is 2.32 bits per heavy atom. The number of hydrogen-bond acceptors (Lipinski definition) is 5. The van der Waals surface area contributed by atoms with E-state index in [9.17, 15) is 14.4 Å². The molecular formula is C26H30N4O4.